The number of amides is 2. The molecule has 7 nitrogen and oxygen atoms in total. The molecular weight excluding hydrogens is 356 g/mol. The van der Waals surface area contributed by atoms with Gasteiger partial charge in [-0.2, -0.15) is 0 Å². The molecule has 0 saturated carbocycles. The van der Waals surface area contributed by atoms with E-state index in [1.807, 2.05) is 24.3 Å². The number of anilines is 2. The number of ether oxygens (including phenoxy) is 1. The van der Waals surface area contributed by atoms with Gasteiger partial charge in [0.15, 0.2) is 0 Å². The summed E-state index contributed by atoms with van der Waals surface area (Å²) in [6, 6.07) is 9.46. The lowest BCUT2D eigenvalue weighted by Gasteiger charge is -2.26. The van der Waals surface area contributed by atoms with Crippen molar-refractivity contribution < 1.29 is 14.3 Å². The molecule has 4 rings (SSSR count). The molecule has 146 valence electrons. The number of rotatable bonds is 4. The normalized spacial score (nSPS) is 16.9. The summed E-state index contributed by atoms with van der Waals surface area (Å²) in [5.74, 6) is -0.404. The van der Waals surface area contributed by atoms with Crippen LogP contribution < -0.4 is 10.2 Å². The van der Waals surface area contributed by atoms with Gasteiger partial charge in [-0.25, -0.2) is 0 Å². The molecule has 3 heterocycles. The molecule has 1 aromatic heterocycles. The molecule has 1 N–H and O–H groups in total. The third-order valence-corrected chi connectivity index (χ3v) is 5.14. The maximum absolute atomic E-state index is 12.6. The summed E-state index contributed by atoms with van der Waals surface area (Å²) in [6.07, 6.45) is 5.43. The van der Waals surface area contributed by atoms with Crippen molar-refractivity contribution >= 4 is 23.2 Å². The second-order valence-corrected chi connectivity index (χ2v) is 7.06. The number of hydrogen-bond donors (Lipinski definition) is 1. The number of pyridine rings is 1. The van der Waals surface area contributed by atoms with E-state index in [0.717, 1.165) is 18.8 Å². The van der Waals surface area contributed by atoms with Gasteiger partial charge in [-0.3, -0.25) is 14.6 Å². The Morgan fingerprint density at radius 3 is 2.32 bits per heavy atom. The Morgan fingerprint density at radius 2 is 1.61 bits per heavy atom. The van der Waals surface area contributed by atoms with Gasteiger partial charge in [-0.15, -0.1) is 0 Å². The van der Waals surface area contributed by atoms with Gasteiger partial charge >= 0.3 is 0 Å². The highest BCUT2D eigenvalue weighted by molar-refractivity contribution is 6.05. The fourth-order valence-corrected chi connectivity index (χ4v) is 3.56. The van der Waals surface area contributed by atoms with Crippen LogP contribution in [0.15, 0.2) is 42.7 Å². The number of hydrogen-bond acceptors (Lipinski definition) is 5. The van der Waals surface area contributed by atoms with Gasteiger partial charge in [0.05, 0.1) is 24.3 Å². The van der Waals surface area contributed by atoms with Gasteiger partial charge in [-0.05, 0) is 43.2 Å². The predicted octanol–water partition coefficient (Wildman–Crippen LogP) is 2.41. The smallest absolute Gasteiger partial charge is 0.257 e. The van der Waals surface area contributed by atoms with Gasteiger partial charge in [-0.1, -0.05) is 0 Å². The van der Waals surface area contributed by atoms with Crippen molar-refractivity contribution in [1.29, 1.82) is 0 Å². The summed E-state index contributed by atoms with van der Waals surface area (Å²) >= 11 is 0. The molecule has 0 radical (unpaired) electrons. The molecule has 2 amide bonds. The first-order valence-corrected chi connectivity index (χ1v) is 9.69. The number of benzene rings is 1. The standard InChI is InChI=1S/C21H24N4O3/c26-20(23-18-3-5-19(6-4-18)24-7-1-2-8-24)16-13-17(15-22-14-16)21(27)25-9-11-28-12-10-25/h3-6,13-15H,1-2,7-12H2,(H,23,26). The van der Waals surface area contributed by atoms with Crippen molar-refractivity contribution in [3.05, 3.63) is 53.9 Å². The lowest BCUT2D eigenvalue weighted by Crippen LogP contribution is -2.40. The van der Waals surface area contributed by atoms with Gasteiger partial charge in [0.2, 0.25) is 0 Å². The van der Waals surface area contributed by atoms with Crippen LogP contribution in [0.2, 0.25) is 0 Å². The van der Waals surface area contributed by atoms with Gasteiger partial charge in [0.1, 0.15) is 0 Å². The van der Waals surface area contributed by atoms with Crippen LogP contribution in [0.25, 0.3) is 0 Å². The van der Waals surface area contributed by atoms with E-state index >= 15 is 0 Å². The molecule has 7 heteroatoms. The van der Waals surface area contributed by atoms with E-state index in [1.54, 1.807) is 11.0 Å². The summed E-state index contributed by atoms with van der Waals surface area (Å²) in [6.45, 7) is 4.35. The van der Waals surface area contributed by atoms with Crippen molar-refractivity contribution in [2.75, 3.05) is 49.6 Å². The highest BCUT2D eigenvalue weighted by Crippen LogP contribution is 2.22. The minimum Gasteiger partial charge on any atom is -0.378 e. The lowest BCUT2D eigenvalue weighted by atomic mass is 10.1. The van der Waals surface area contributed by atoms with Gasteiger partial charge in [0, 0.05) is 49.9 Å². The van der Waals surface area contributed by atoms with E-state index in [1.165, 1.54) is 30.9 Å². The summed E-state index contributed by atoms with van der Waals surface area (Å²) in [7, 11) is 0. The van der Waals surface area contributed by atoms with E-state index in [2.05, 4.69) is 15.2 Å². The molecule has 0 bridgehead atoms. The van der Waals surface area contributed by atoms with Crippen LogP contribution in [-0.4, -0.2) is 61.1 Å². The van der Waals surface area contributed by atoms with Crippen LogP contribution in [0.4, 0.5) is 11.4 Å². The molecule has 0 spiro atoms. The Hall–Kier alpha value is -2.93. The summed E-state index contributed by atoms with van der Waals surface area (Å²) < 4.78 is 5.28. The summed E-state index contributed by atoms with van der Waals surface area (Å²) in [4.78, 5) is 33.3. The Bertz CT molecular complexity index is 841. The first-order chi connectivity index (χ1) is 13.7. The van der Waals surface area contributed by atoms with Gasteiger partial charge in [0.25, 0.3) is 11.8 Å². The monoisotopic (exact) mass is 380 g/mol. The average Bonchev–Trinajstić information content (AvgIpc) is 3.29. The third kappa shape index (κ3) is 4.14. The van der Waals surface area contributed by atoms with Crippen molar-refractivity contribution in [1.82, 2.24) is 9.88 Å². The van der Waals surface area contributed by atoms with E-state index in [0.29, 0.717) is 37.4 Å². The van der Waals surface area contributed by atoms with Gasteiger partial charge < -0.3 is 19.9 Å². The van der Waals surface area contributed by atoms with Crippen LogP contribution in [0.5, 0.6) is 0 Å². The summed E-state index contributed by atoms with van der Waals surface area (Å²) in [5, 5.41) is 2.88. The van der Waals surface area contributed by atoms with E-state index in [-0.39, 0.29) is 11.8 Å². The SMILES string of the molecule is O=C(Nc1ccc(N2CCCC2)cc1)c1cncc(C(=O)N2CCOCC2)c1. The number of morpholine rings is 1. The number of nitrogens with one attached hydrogen (secondary N) is 1. The molecule has 0 unspecified atom stereocenters. The maximum Gasteiger partial charge on any atom is 0.257 e. The lowest BCUT2D eigenvalue weighted by molar-refractivity contribution is 0.0302. The number of nitrogens with zero attached hydrogens (tertiary/aromatic N) is 3. The molecule has 0 atom stereocenters. The zero-order valence-corrected chi connectivity index (χ0v) is 15.8. The highest BCUT2D eigenvalue weighted by atomic mass is 16.5. The number of aromatic nitrogens is 1. The third-order valence-electron chi connectivity index (χ3n) is 5.14. The minimum atomic E-state index is -0.280. The first kappa shape index (κ1) is 18.4. The summed E-state index contributed by atoms with van der Waals surface area (Å²) in [5.41, 5.74) is 2.68. The Labute approximate surface area is 164 Å². The van der Waals surface area contributed by atoms with Crippen molar-refractivity contribution in [2.24, 2.45) is 0 Å². The molecule has 2 saturated heterocycles. The average molecular weight is 380 g/mol. The first-order valence-electron chi connectivity index (χ1n) is 9.69. The molecule has 2 aliphatic rings. The zero-order valence-electron chi connectivity index (χ0n) is 15.8. The van der Waals surface area contributed by atoms with Crippen LogP contribution in [0.3, 0.4) is 0 Å². The highest BCUT2D eigenvalue weighted by Gasteiger charge is 2.20. The molecule has 2 aliphatic heterocycles. The predicted molar refractivity (Wildman–Crippen MR) is 107 cm³/mol. The Kier molecular flexibility index (Phi) is 5.53. The molecular formula is C21H24N4O3. The quantitative estimate of drug-likeness (QED) is 0.882. The molecule has 28 heavy (non-hydrogen) atoms. The maximum atomic E-state index is 12.6. The molecule has 1 aromatic carbocycles. The van der Waals surface area contributed by atoms with E-state index < -0.39 is 0 Å². The fraction of sp³-hybridized carbons (Fsp3) is 0.381. The van der Waals surface area contributed by atoms with E-state index in [9.17, 15) is 9.59 Å². The fourth-order valence-electron chi connectivity index (χ4n) is 3.56. The molecule has 2 aromatic rings. The second-order valence-electron chi connectivity index (χ2n) is 7.06. The second kappa shape index (κ2) is 8.39. The molecule has 2 fully saturated rings. The molecule has 0 aliphatic carbocycles. The Morgan fingerprint density at radius 1 is 0.929 bits per heavy atom. The van der Waals surface area contributed by atoms with Crippen LogP contribution in [0.1, 0.15) is 33.6 Å². The van der Waals surface area contributed by atoms with Crippen LogP contribution in [0, 0.1) is 0 Å². The van der Waals surface area contributed by atoms with Crippen molar-refractivity contribution in [3.63, 3.8) is 0 Å². The number of carbonyl (C=O) groups excluding carboxylic acids is 2. The zero-order chi connectivity index (χ0) is 19.3. The van der Waals surface area contributed by atoms with Crippen molar-refractivity contribution in [2.45, 2.75) is 12.8 Å². The number of carbonyl (C=O) groups is 2. The van der Waals surface area contributed by atoms with E-state index in [4.69, 9.17) is 4.74 Å². The van der Waals surface area contributed by atoms with Crippen LogP contribution >= 0.6 is 0 Å². The van der Waals surface area contributed by atoms with Crippen LogP contribution in [-0.2, 0) is 4.74 Å². The minimum absolute atomic E-state index is 0.125. The largest absolute Gasteiger partial charge is 0.378 e. The Balaban J connectivity index is 1.42. The van der Waals surface area contributed by atoms with Crippen molar-refractivity contribution in [3.8, 4) is 0 Å². The topological polar surface area (TPSA) is 74.8 Å².